The molecule has 1 aliphatic heterocycles. The summed E-state index contributed by atoms with van der Waals surface area (Å²) in [5.41, 5.74) is 2.31. The molecule has 0 spiro atoms. The van der Waals surface area contributed by atoms with Crippen LogP contribution in [-0.2, 0) is 6.54 Å². The van der Waals surface area contributed by atoms with Gasteiger partial charge < -0.3 is 5.32 Å². The van der Waals surface area contributed by atoms with Crippen LogP contribution in [0.4, 0.5) is 0 Å². The van der Waals surface area contributed by atoms with Crippen molar-refractivity contribution in [2.45, 2.75) is 39.3 Å². The number of piperidine rings is 1. The molecule has 3 nitrogen and oxygen atoms in total. The van der Waals surface area contributed by atoms with Gasteiger partial charge in [-0.2, -0.15) is 0 Å². The van der Waals surface area contributed by atoms with E-state index in [0.717, 1.165) is 25.3 Å². The number of rotatable bonds is 4. The molecule has 2 rings (SSSR count). The number of aromatic nitrogens is 1. The Morgan fingerprint density at radius 3 is 3.12 bits per heavy atom. The van der Waals surface area contributed by atoms with Crippen LogP contribution in [0, 0.1) is 6.92 Å². The molecular formula is C14H23N3. The molecule has 17 heavy (non-hydrogen) atoms. The summed E-state index contributed by atoms with van der Waals surface area (Å²) < 4.78 is 0. The fourth-order valence-corrected chi connectivity index (χ4v) is 2.57. The summed E-state index contributed by atoms with van der Waals surface area (Å²) in [5, 5.41) is 3.55. The zero-order chi connectivity index (χ0) is 12.1. The largest absolute Gasteiger partial charge is 0.313 e. The van der Waals surface area contributed by atoms with Gasteiger partial charge in [-0.3, -0.25) is 9.88 Å². The molecule has 0 saturated carbocycles. The van der Waals surface area contributed by atoms with Gasteiger partial charge in [0.2, 0.25) is 0 Å². The highest BCUT2D eigenvalue weighted by Gasteiger charge is 2.19. The van der Waals surface area contributed by atoms with Crippen LogP contribution >= 0.6 is 0 Å². The first-order valence-corrected chi connectivity index (χ1v) is 6.66. The van der Waals surface area contributed by atoms with Gasteiger partial charge in [0, 0.05) is 24.8 Å². The van der Waals surface area contributed by atoms with Crippen LogP contribution in [0.1, 0.15) is 31.2 Å². The Morgan fingerprint density at radius 2 is 2.35 bits per heavy atom. The highest BCUT2D eigenvalue weighted by atomic mass is 15.2. The summed E-state index contributed by atoms with van der Waals surface area (Å²) in [5.74, 6) is 0. The van der Waals surface area contributed by atoms with E-state index in [9.17, 15) is 0 Å². The van der Waals surface area contributed by atoms with Gasteiger partial charge in [-0.25, -0.2) is 0 Å². The summed E-state index contributed by atoms with van der Waals surface area (Å²) >= 11 is 0. The summed E-state index contributed by atoms with van der Waals surface area (Å²) in [6, 6.07) is 6.95. The molecule has 1 N–H and O–H groups in total. The van der Waals surface area contributed by atoms with Crippen molar-refractivity contribution in [1.82, 2.24) is 15.2 Å². The van der Waals surface area contributed by atoms with Crippen LogP contribution in [0.15, 0.2) is 18.2 Å². The number of likely N-dealkylation sites (tertiary alicyclic amines) is 1. The molecule has 94 valence electrons. The predicted molar refractivity (Wildman–Crippen MR) is 70.9 cm³/mol. The average Bonchev–Trinajstić information content (AvgIpc) is 2.30. The Bertz CT molecular complexity index is 349. The van der Waals surface area contributed by atoms with E-state index in [2.05, 4.69) is 47.2 Å². The van der Waals surface area contributed by atoms with Gasteiger partial charge in [0.1, 0.15) is 0 Å². The normalized spacial score (nSPS) is 21.6. The second-order valence-corrected chi connectivity index (χ2v) is 4.90. The van der Waals surface area contributed by atoms with E-state index < -0.39 is 0 Å². The van der Waals surface area contributed by atoms with Crippen molar-refractivity contribution in [3.8, 4) is 0 Å². The Morgan fingerprint density at radius 1 is 1.47 bits per heavy atom. The monoisotopic (exact) mass is 233 g/mol. The average molecular weight is 233 g/mol. The van der Waals surface area contributed by atoms with Crippen LogP contribution in [0.2, 0.25) is 0 Å². The van der Waals surface area contributed by atoms with Crippen molar-refractivity contribution >= 4 is 0 Å². The molecule has 1 atom stereocenters. The maximum Gasteiger partial charge on any atom is 0.0547 e. The maximum absolute atomic E-state index is 4.58. The molecule has 1 fully saturated rings. The molecule has 0 aliphatic carbocycles. The first-order chi connectivity index (χ1) is 8.28. The lowest BCUT2D eigenvalue weighted by molar-refractivity contribution is 0.183. The summed E-state index contributed by atoms with van der Waals surface area (Å²) in [6.45, 7) is 8.66. The van der Waals surface area contributed by atoms with E-state index in [1.165, 1.54) is 25.1 Å². The second kappa shape index (κ2) is 6.12. The fourth-order valence-electron chi connectivity index (χ4n) is 2.57. The molecule has 2 heterocycles. The minimum Gasteiger partial charge on any atom is -0.313 e. The zero-order valence-electron chi connectivity index (χ0n) is 10.9. The molecule has 1 aromatic rings. The third kappa shape index (κ3) is 3.79. The molecule has 1 aliphatic rings. The van der Waals surface area contributed by atoms with Crippen LogP contribution < -0.4 is 5.32 Å². The third-order valence-electron chi connectivity index (χ3n) is 3.33. The van der Waals surface area contributed by atoms with Gasteiger partial charge in [0.25, 0.3) is 0 Å². The maximum atomic E-state index is 4.58. The van der Waals surface area contributed by atoms with Crippen LogP contribution in [-0.4, -0.2) is 35.6 Å². The van der Waals surface area contributed by atoms with Crippen molar-refractivity contribution in [2.24, 2.45) is 0 Å². The molecule has 3 heteroatoms. The first-order valence-electron chi connectivity index (χ1n) is 6.66. The van der Waals surface area contributed by atoms with Gasteiger partial charge in [-0.1, -0.05) is 13.0 Å². The number of hydrogen-bond donors (Lipinski definition) is 1. The smallest absolute Gasteiger partial charge is 0.0547 e. The topological polar surface area (TPSA) is 28.2 Å². The van der Waals surface area contributed by atoms with Gasteiger partial charge in [-0.15, -0.1) is 0 Å². The second-order valence-electron chi connectivity index (χ2n) is 4.90. The molecule has 0 radical (unpaired) electrons. The van der Waals surface area contributed by atoms with Crippen molar-refractivity contribution in [3.63, 3.8) is 0 Å². The van der Waals surface area contributed by atoms with Gasteiger partial charge in [0.15, 0.2) is 0 Å². The van der Waals surface area contributed by atoms with Crippen molar-refractivity contribution in [1.29, 1.82) is 0 Å². The van der Waals surface area contributed by atoms with Gasteiger partial charge in [0.05, 0.1) is 5.69 Å². The molecule has 1 aromatic heterocycles. The summed E-state index contributed by atoms with van der Waals surface area (Å²) in [6.07, 6.45) is 2.61. The van der Waals surface area contributed by atoms with Crippen molar-refractivity contribution in [2.75, 3.05) is 19.6 Å². The number of nitrogens with zero attached hydrogens (tertiary/aromatic N) is 2. The van der Waals surface area contributed by atoms with E-state index in [4.69, 9.17) is 0 Å². The minimum absolute atomic E-state index is 0.665. The molecule has 1 unspecified atom stereocenters. The van der Waals surface area contributed by atoms with Gasteiger partial charge >= 0.3 is 0 Å². The Kier molecular flexibility index (Phi) is 4.51. The standard InChI is InChI=1S/C14H23N3/c1-3-15-13-8-5-9-17(10-13)11-14-7-4-6-12(2)16-14/h4,6-7,13,15H,3,5,8-11H2,1-2H3. The Hall–Kier alpha value is -0.930. The number of nitrogens with one attached hydrogen (secondary N) is 1. The Balaban J connectivity index is 1.90. The number of likely N-dealkylation sites (N-methyl/N-ethyl adjacent to an activating group) is 1. The fraction of sp³-hybridized carbons (Fsp3) is 0.643. The first kappa shape index (κ1) is 12.5. The van der Waals surface area contributed by atoms with Crippen molar-refractivity contribution < 1.29 is 0 Å². The molecule has 1 saturated heterocycles. The number of aryl methyl sites for hydroxylation is 1. The third-order valence-corrected chi connectivity index (χ3v) is 3.33. The van der Waals surface area contributed by atoms with Crippen molar-refractivity contribution in [3.05, 3.63) is 29.6 Å². The summed E-state index contributed by atoms with van der Waals surface area (Å²) in [7, 11) is 0. The van der Waals surface area contributed by atoms with E-state index >= 15 is 0 Å². The van der Waals surface area contributed by atoms with E-state index in [1.54, 1.807) is 0 Å². The van der Waals surface area contributed by atoms with Crippen LogP contribution in [0.25, 0.3) is 0 Å². The Labute approximate surface area is 104 Å². The number of hydrogen-bond acceptors (Lipinski definition) is 3. The SMILES string of the molecule is CCNC1CCCN(Cc2cccc(C)n2)C1. The molecule has 0 amide bonds. The minimum atomic E-state index is 0.665. The van der Waals surface area contributed by atoms with E-state index in [1.807, 2.05) is 0 Å². The quantitative estimate of drug-likeness (QED) is 0.861. The highest BCUT2D eigenvalue weighted by molar-refractivity contribution is 5.09. The van der Waals surface area contributed by atoms with Crippen LogP contribution in [0.5, 0.6) is 0 Å². The molecular weight excluding hydrogens is 210 g/mol. The highest BCUT2D eigenvalue weighted by Crippen LogP contribution is 2.13. The summed E-state index contributed by atoms with van der Waals surface area (Å²) in [4.78, 5) is 7.09. The molecule has 0 aromatic carbocycles. The lowest BCUT2D eigenvalue weighted by atomic mass is 10.1. The van der Waals surface area contributed by atoms with Crippen LogP contribution in [0.3, 0.4) is 0 Å². The van der Waals surface area contributed by atoms with E-state index in [-0.39, 0.29) is 0 Å². The van der Waals surface area contributed by atoms with Gasteiger partial charge in [-0.05, 0) is 45.0 Å². The zero-order valence-corrected chi connectivity index (χ0v) is 10.9. The predicted octanol–water partition coefficient (Wildman–Crippen LogP) is 1.96. The van der Waals surface area contributed by atoms with E-state index in [0.29, 0.717) is 6.04 Å². The lowest BCUT2D eigenvalue weighted by Crippen LogP contribution is -2.45. The lowest BCUT2D eigenvalue weighted by Gasteiger charge is -2.32. The molecule has 0 bridgehead atoms. The number of pyridine rings is 1.